The molecule has 1 aliphatic heterocycles. The summed E-state index contributed by atoms with van der Waals surface area (Å²) in [6.07, 6.45) is 7.61. The summed E-state index contributed by atoms with van der Waals surface area (Å²) in [5, 5.41) is 12.9. The zero-order chi connectivity index (χ0) is 17.5. The lowest BCUT2D eigenvalue weighted by Crippen LogP contribution is -2.40. The molecule has 0 radical (unpaired) electrons. The number of carboxylic acid groups (broad SMARTS) is 1. The monoisotopic (exact) mass is 344 g/mol. The first-order valence-corrected chi connectivity index (χ1v) is 9.93. The second-order valence-electron chi connectivity index (χ2n) is 7.88. The van der Waals surface area contributed by atoms with Crippen molar-refractivity contribution in [2.45, 2.75) is 57.5 Å². The van der Waals surface area contributed by atoms with Crippen molar-refractivity contribution in [3.05, 3.63) is 35.9 Å². The van der Waals surface area contributed by atoms with E-state index in [1.807, 2.05) is 0 Å². The molecular formula is C21H32N2O2. The van der Waals surface area contributed by atoms with E-state index in [0.717, 1.165) is 38.8 Å². The molecule has 1 atom stereocenters. The summed E-state index contributed by atoms with van der Waals surface area (Å²) in [5.41, 5.74) is 1.41. The second-order valence-corrected chi connectivity index (χ2v) is 7.88. The first kappa shape index (κ1) is 18.4. The smallest absolute Gasteiger partial charge is 0.306 e. The molecular weight excluding hydrogens is 312 g/mol. The molecule has 0 bridgehead atoms. The van der Waals surface area contributed by atoms with Gasteiger partial charge < -0.3 is 10.4 Å². The van der Waals surface area contributed by atoms with E-state index in [1.165, 1.54) is 37.9 Å². The third-order valence-electron chi connectivity index (χ3n) is 5.87. The SMILES string of the molecule is O=C(O)C1CCC(NCC2CCCCN(Cc3ccccc3)C2)CC1. The van der Waals surface area contributed by atoms with Gasteiger partial charge >= 0.3 is 5.97 Å². The van der Waals surface area contributed by atoms with Gasteiger partial charge in [-0.2, -0.15) is 0 Å². The first-order chi connectivity index (χ1) is 12.2. The van der Waals surface area contributed by atoms with Gasteiger partial charge in [-0.05, 0) is 63.1 Å². The summed E-state index contributed by atoms with van der Waals surface area (Å²) < 4.78 is 0. The Labute approximate surface area is 151 Å². The van der Waals surface area contributed by atoms with Gasteiger partial charge in [0, 0.05) is 19.1 Å². The number of rotatable bonds is 6. The summed E-state index contributed by atoms with van der Waals surface area (Å²) in [6, 6.07) is 11.3. The summed E-state index contributed by atoms with van der Waals surface area (Å²) in [5.74, 6) is -0.0144. The average molecular weight is 344 g/mol. The van der Waals surface area contributed by atoms with E-state index in [1.54, 1.807) is 0 Å². The Balaban J connectivity index is 1.43. The number of benzene rings is 1. The standard InChI is InChI=1S/C21H32N2O2/c24-21(25)19-9-11-20(12-10-19)22-14-18-8-4-5-13-23(16-18)15-17-6-2-1-3-7-17/h1-3,6-7,18-20,22H,4-5,8-16H2,(H,24,25). The fourth-order valence-corrected chi connectivity index (χ4v) is 4.35. The third kappa shape index (κ3) is 5.82. The largest absolute Gasteiger partial charge is 0.481 e. The second kappa shape index (κ2) is 9.35. The van der Waals surface area contributed by atoms with Crippen LogP contribution in [0.2, 0.25) is 0 Å². The molecule has 25 heavy (non-hydrogen) atoms. The molecule has 0 aromatic heterocycles. The molecule has 1 aromatic carbocycles. The zero-order valence-electron chi connectivity index (χ0n) is 15.2. The van der Waals surface area contributed by atoms with Gasteiger partial charge in [-0.15, -0.1) is 0 Å². The van der Waals surface area contributed by atoms with Crippen LogP contribution in [0.5, 0.6) is 0 Å². The highest BCUT2D eigenvalue weighted by atomic mass is 16.4. The van der Waals surface area contributed by atoms with Crippen LogP contribution in [0.3, 0.4) is 0 Å². The molecule has 1 aliphatic carbocycles. The van der Waals surface area contributed by atoms with Crippen molar-refractivity contribution in [1.82, 2.24) is 10.2 Å². The maximum Gasteiger partial charge on any atom is 0.306 e. The molecule has 1 saturated carbocycles. The van der Waals surface area contributed by atoms with Crippen LogP contribution in [0.4, 0.5) is 0 Å². The molecule has 1 heterocycles. The fourth-order valence-electron chi connectivity index (χ4n) is 4.35. The molecule has 138 valence electrons. The van der Waals surface area contributed by atoms with Crippen molar-refractivity contribution in [2.24, 2.45) is 11.8 Å². The van der Waals surface area contributed by atoms with Gasteiger partial charge in [-0.1, -0.05) is 36.8 Å². The van der Waals surface area contributed by atoms with E-state index >= 15 is 0 Å². The molecule has 2 fully saturated rings. The lowest BCUT2D eigenvalue weighted by molar-refractivity contribution is -0.142. The summed E-state index contributed by atoms with van der Waals surface area (Å²) in [6.45, 7) is 4.51. The molecule has 1 saturated heterocycles. The van der Waals surface area contributed by atoms with E-state index < -0.39 is 5.97 Å². The van der Waals surface area contributed by atoms with E-state index in [-0.39, 0.29) is 5.92 Å². The molecule has 0 spiro atoms. The predicted molar refractivity (Wildman–Crippen MR) is 100 cm³/mol. The van der Waals surface area contributed by atoms with Crippen molar-refractivity contribution in [2.75, 3.05) is 19.6 Å². The Morgan fingerprint density at radius 1 is 1.08 bits per heavy atom. The van der Waals surface area contributed by atoms with Crippen LogP contribution in [-0.2, 0) is 11.3 Å². The van der Waals surface area contributed by atoms with Crippen molar-refractivity contribution in [1.29, 1.82) is 0 Å². The Bertz CT molecular complexity index is 526. The van der Waals surface area contributed by atoms with Gasteiger partial charge in [0.05, 0.1) is 5.92 Å². The van der Waals surface area contributed by atoms with Crippen molar-refractivity contribution >= 4 is 5.97 Å². The van der Waals surface area contributed by atoms with Gasteiger partial charge in [-0.25, -0.2) is 0 Å². The molecule has 0 amide bonds. The van der Waals surface area contributed by atoms with Crippen LogP contribution in [-0.4, -0.2) is 41.7 Å². The topological polar surface area (TPSA) is 52.6 Å². The van der Waals surface area contributed by atoms with Crippen LogP contribution in [0.15, 0.2) is 30.3 Å². The van der Waals surface area contributed by atoms with Crippen LogP contribution in [0.1, 0.15) is 50.5 Å². The van der Waals surface area contributed by atoms with E-state index in [0.29, 0.717) is 12.0 Å². The zero-order valence-corrected chi connectivity index (χ0v) is 15.2. The molecule has 1 aromatic rings. The minimum atomic E-state index is -0.612. The molecule has 4 heteroatoms. The fraction of sp³-hybridized carbons (Fsp3) is 0.667. The van der Waals surface area contributed by atoms with Gasteiger partial charge in [0.15, 0.2) is 0 Å². The van der Waals surface area contributed by atoms with Gasteiger partial charge in [0.2, 0.25) is 0 Å². The van der Waals surface area contributed by atoms with Crippen LogP contribution in [0, 0.1) is 11.8 Å². The van der Waals surface area contributed by atoms with Gasteiger partial charge in [0.25, 0.3) is 0 Å². The average Bonchev–Trinajstić information content (AvgIpc) is 2.86. The van der Waals surface area contributed by atoms with Crippen LogP contribution >= 0.6 is 0 Å². The maximum absolute atomic E-state index is 11.1. The third-order valence-corrected chi connectivity index (χ3v) is 5.87. The van der Waals surface area contributed by atoms with Crippen LogP contribution < -0.4 is 5.32 Å². The number of carboxylic acids is 1. The Hall–Kier alpha value is -1.39. The number of nitrogens with zero attached hydrogens (tertiary/aromatic N) is 1. The number of hydrogen-bond acceptors (Lipinski definition) is 3. The van der Waals surface area contributed by atoms with E-state index in [9.17, 15) is 4.79 Å². The van der Waals surface area contributed by atoms with Crippen LogP contribution in [0.25, 0.3) is 0 Å². The maximum atomic E-state index is 11.1. The minimum absolute atomic E-state index is 0.114. The molecule has 2 aliphatic rings. The molecule has 1 unspecified atom stereocenters. The Kier molecular flexibility index (Phi) is 6.88. The minimum Gasteiger partial charge on any atom is -0.481 e. The Morgan fingerprint density at radius 3 is 2.56 bits per heavy atom. The van der Waals surface area contributed by atoms with E-state index in [2.05, 4.69) is 40.5 Å². The van der Waals surface area contributed by atoms with Crippen molar-refractivity contribution in [3.8, 4) is 0 Å². The highest BCUT2D eigenvalue weighted by molar-refractivity contribution is 5.70. The van der Waals surface area contributed by atoms with Crippen molar-refractivity contribution in [3.63, 3.8) is 0 Å². The van der Waals surface area contributed by atoms with Gasteiger partial charge in [-0.3, -0.25) is 9.69 Å². The quantitative estimate of drug-likeness (QED) is 0.829. The highest BCUT2D eigenvalue weighted by Crippen LogP contribution is 2.25. The van der Waals surface area contributed by atoms with E-state index in [4.69, 9.17) is 5.11 Å². The lowest BCUT2D eigenvalue weighted by Gasteiger charge is -2.30. The first-order valence-electron chi connectivity index (χ1n) is 9.93. The summed E-state index contributed by atoms with van der Waals surface area (Å²) in [7, 11) is 0. The number of nitrogens with one attached hydrogen (secondary N) is 1. The molecule has 3 rings (SSSR count). The van der Waals surface area contributed by atoms with Crippen molar-refractivity contribution < 1.29 is 9.90 Å². The summed E-state index contributed by atoms with van der Waals surface area (Å²) in [4.78, 5) is 13.7. The highest BCUT2D eigenvalue weighted by Gasteiger charge is 2.26. The summed E-state index contributed by atoms with van der Waals surface area (Å²) >= 11 is 0. The normalized spacial score (nSPS) is 28.4. The lowest BCUT2D eigenvalue weighted by atomic mass is 9.86. The number of hydrogen-bond donors (Lipinski definition) is 2. The predicted octanol–water partition coefficient (Wildman–Crippen LogP) is 3.52. The van der Waals surface area contributed by atoms with Gasteiger partial charge in [0.1, 0.15) is 0 Å². The number of likely N-dealkylation sites (tertiary alicyclic amines) is 1. The molecule has 2 N–H and O–H groups in total. The number of carbonyl (C=O) groups is 1. The number of aliphatic carboxylic acids is 1. The molecule has 4 nitrogen and oxygen atoms in total. The Morgan fingerprint density at radius 2 is 1.84 bits per heavy atom.